The van der Waals surface area contributed by atoms with E-state index in [0.29, 0.717) is 6.61 Å². The Balaban J connectivity index is 2.59. The normalized spacial score (nSPS) is 9.30. The average molecular weight is 142 g/mol. The standard InChI is InChI=1S/C5H6N2O3/c1-2-9-5(8)4-6-3-10-7-4/h3H,2H2,1H3. The molecular formula is C5H6N2O3. The van der Waals surface area contributed by atoms with Gasteiger partial charge < -0.3 is 9.26 Å². The van der Waals surface area contributed by atoms with E-state index >= 15 is 0 Å². The molecule has 5 heteroatoms. The minimum absolute atomic E-state index is 0.0400. The van der Waals surface area contributed by atoms with Crippen LogP contribution in [0, 0.1) is 0 Å². The second kappa shape index (κ2) is 2.95. The van der Waals surface area contributed by atoms with Crippen LogP contribution in [0.15, 0.2) is 10.9 Å². The number of esters is 1. The highest BCUT2D eigenvalue weighted by Gasteiger charge is 2.10. The molecule has 5 nitrogen and oxygen atoms in total. The van der Waals surface area contributed by atoms with E-state index < -0.39 is 5.97 Å². The van der Waals surface area contributed by atoms with E-state index in [1.54, 1.807) is 6.92 Å². The Bertz CT molecular complexity index is 207. The molecule has 0 fully saturated rings. The third-order valence-electron chi connectivity index (χ3n) is 0.819. The SMILES string of the molecule is CCOC(=O)c1ncon1. The Morgan fingerprint density at radius 1 is 1.90 bits per heavy atom. The molecule has 0 N–H and O–H groups in total. The molecule has 0 aliphatic carbocycles. The van der Waals surface area contributed by atoms with Crippen molar-refractivity contribution in [2.24, 2.45) is 0 Å². The van der Waals surface area contributed by atoms with Crippen molar-refractivity contribution in [2.75, 3.05) is 6.61 Å². The molecule has 0 aliphatic rings. The first kappa shape index (κ1) is 6.73. The van der Waals surface area contributed by atoms with Crippen LogP contribution in [-0.2, 0) is 4.74 Å². The summed E-state index contributed by atoms with van der Waals surface area (Å²) >= 11 is 0. The Kier molecular flexibility index (Phi) is 1.99. The van der Waals surface area contributed by atoms with Crippen molar-refractivity contribution < 1.29 is 14.1 Å². The maximum atomic E-state index is 10.7. The van der Waals surface area contributed by atoms with Crippen molar-refractivity contribution in [3.8, 4) is 0 Å². The molecule has 0 aromatic carbocycles. The number of carbonyl (C=O) groups excluding carboxylic acids is 1. The molecule has 0 aliphatic heterocycles. The minimum atomic E-state index is -0.559. The smallest absolute Gasteiger partial charge is 0.379 e. The van der Waals surface area contributed by atoms with Gasteiger partial charge in [0, 0.05) is 0 Å². The maximum Gasteiger partial charge on any atom is 0.379 e. The Morgan fingerprint density at radius 3 is 3.20 bits per heavy atom. The highest BCUT2D eigenvalue weighted by Crippen LogP contribution is 1.91. The molecule has 1 aromatic rings. The zero-order valence-electron chi connectivity index (χ0n) is 5.40. The van der Waals surface area contributed by atoms with Gasteiger partial charge in [-0.15, -0.1) is 0 Å². The van der Waals surface area contributed by atoms with Gasteiger partial charge in [0.25, 0.3) is 5.82 Å². The Labute approximate surface area is 57.0 Å². The van der Waals surface area contributed by atoms with Crippen molar-refractivity contribution >= 4 is 5.97 Å². The average Bonchev–Trinajstić information content (AvgIpc) is 2.38. The van der Waals surface area contributed by atoms with E-state index in [4.69, 9.17) is 0 Å². The number of carbonyl (C=O) groups is 1. The van der Waals surface area contributed by atoms with Crippen molar-refractivity contribution in [1.82, 2.24) is 10.1 Å². The molecule has 0 atom stereocenters. The summed E-state index contributed by atoms with van der Waals surface area (Å²) in [5.41, 5.74) is 0. The van der Waals surface area contributed by atoms with Gasteiger partial charge in [-0.05, 0) is 6.92 Å². The number of rotatable bonds is 2. The van der Waals surface area contributed by atoms with E-state index in [0.717, 1.165) is 6.39 Å². The molecule has 0 amide bonds. The third kappa shape index (κ3) is 1.31. The predicted molar refractivity (Wildman–Crippen MR) is 30.3 cm³/mol. The first-order valence-corrected chi connectivity index (χ1v) is 2.78. The molecule has 1 rings (SSSR count). The van der Waals surface area contributed by atoms with Crippen molar-refractivity contribution in [3.05, 3.63) is 12.2 Å². The zero-order chi connectivity index (χ0) is 7.40. The molecule has 0 spiro atoms. The highest BCUT2D eigenvalue weighted by atomic mass is 16.5. The van der Waals surface area contributed by atoms with Gasteiger partial charge in [-0.3, -0.25) is 0 Å². The van der Waals surface area contributed by atoms with E-state index in [1.807, 2.05) is 0 Å². The molecule has 54 valence electrons. The monoisotopic (exact) mass is 142 g/mol. The zero-order valence-corrected chi connectivity index (χ0v) is 5.40. The summed E-state index contributed by atoms with van der Waals surface area (Å²) in [5.74, 6) is -0.599. The van der Waals surface area contributed by atoms with Crippen LogP contribution in [0.5, 0.6) is 0 Å². The van der Waals surface area contributed by atoms with E-state index in [2.05, 4.69) is 19.4 Å². The van der Waals surface area contributed by atoms with Crippen LogP contribution in [-0.4, -0.2) is 22.7 Å². The van der Waals surface area contributed by atoms with Crippen LogP contribution in [0.2, 0.25) is 0 Å². The number of nitrogens with zero attached hydrogens (tertiary/aromatic N) is 2. The minimum Gasteiger partial charge on any atom is -0.460 e. The topological polar surface area (TPSA) is 65.2 Å². The Hall–Kier alpha value is -1.39. The van der Waals surface area contributed by atoms with Crippen molar-refractivity contribution in [2.45, 2.75) is 6.92 Å². The maximum absolute atomic E-state index is 10.7. The van der Waals surface area contributed by atoms with Crippen LogP contribution in [0.3, 0.4) is 0 Å². The van der Waals surface area contributed by atoms with Gasteiger partial charge in [-0.1, -0.05) is 5.16 Å². The lowest BCUT2D eigenvalue weighted by Crippen LogP contribution is -2.06. The predicted octanol–water partition coefficient (Wildman–Crippen LogP) is 0.246. The van der Waals surface area contributed by atoms with Gasteiger partial charge >= 0.3 is 5.97 Å². The van der Waals surface area contributed by atoms with E-state index in [9.17, 15) is 4.79 Å². The fourth-order valence-corrected chi connectivity index (χ4v) is 0.456. The molecule has 10 heavy (non-hydrogen) atoms. The van der Waals surface area contributed by atoms with Gasteiger partial charge in [0.2, 0.25) is 6.39 Å². The second-order valence-corrected chi connectivity index (χ2v) is 1.48. The molecule has 0 saturated carbocycles. The molecule has 0 saturated heterocycles. The lowest BCUT2D eigenvalue weighted by atomic mass is 10.6. The molecule has 0 unspecified atom stereocenters. The summed E-state index contributed by atoms with van der Waals surface area (Å²) in [4.78, 5) is 14.2. The van der Waals surface area contributed by atoms with Gasteiger partial charge in [0.1, 0.15) is 0 Å². The lowest BCUT2D eigenvalue weighted by Gasteiger charge is -1.92. The van der Waals surface area contributed by atoms with Crippen molar-refractivity contribution in [3.63, 3.8) is 0 Å². The lowest BCUT2D eigenvalue weighted by molar-refractivity contribution is 0.0508. The number of aromatic nitrogens is 2. The molecule has 1 heterocycles. The van der Waals surface area contributed by atoms with Crippen LogP contribution >= 0.6 is 0 Å². The summed E-state index contributed by atoms with van der Waals surface area (Å²) in [6.45, 7) is 2.02. The summed E-state index contributed by atoms with van der Waals surface area (Å²) < 4.78 is 8.88. The van der Waals surface area contributed by atoms with Gasteiger partial charge in [0.05, 0.1) is 6.61 Å². The summed E-state index contributed by atoms with van der Waals surface area (Å²) in [6.07, 6.45) is 1.08. The fraction of sp³-hybridized carbons (Fsp3) is 0.400. The second-order valence-electron chi connectivity index (χ2n) is 1.48. The van der Waals surface area contributed by atoms with E-state index in [-0.39, 0.29) is 5.82 Å². The number of hydrogen-bond donors (Lipinski definition) is 0. The summed E-state index contributed by atoms with van der Waals surface area (Å²) in [6, 6.07) is 0. The van der Waals surface area contributed by atoms with Crippen LogP contribution in [0.1, 0.15) is 17.5 Å². The van der Waals surface area contributed by atoms with Crippen LogP contribution < -0.4 is 0 Å². The number of ether oxygens (including phenoxy) is 1. The summed E-state index contributed by atoms with van der Waals surface area (Å²) in [5, 5.41) is 3.27. The first-order chi connectivity index (χ1) is 4.84. The Morgan fingerprint density at radius 2 is 2.70 bits per heavy atom. The highest BCUT2D eigenvalue weighted by molar-refractivity contribution is 5.84. The quantitative estimate of drug-likeness (QED) is 0.553. The van der Waals surface area contributed by atoms with Crippen LogP contribution in [0.25, 0.3) is 0 Å². The summed E-state index contributed by atoms with van der Waals surface area (Å²) in [7, 11) is 0. The van der Waals surface area contributed by atoms with Crippen molar-refractivity contribution in [1.29, 1.82) is 0 Å². The largest absolute Gasteiger partial charge is 0.460 e. The fourth-order valence-electron chi connectivity index (χ4n) is 0.456. The number of hydrogen-bond acceptors (Lipinski definition) is 5. The van der Waals surface area contributed by atoms with E-state index in [1.165, 1.54) is 0 Å². The first-order valence-electron chi connectivity index (χ1n) is 2.78. The molecule has 0 radical (unpaired) electrons. The van der Waals surface area contributed by atoms with Gasteiger partial charge in [0.15, 0.2) is 0 Å². The van der Waals surface area contributed by atoms with Gasteiger partial charge in [-0.25, -0.2) is 4.79 Å². The third-order valence-corrected chi connectivity index (χ3v) is 0.819. The van der Waals surface area contributed by atoms with Gasteiger partial charge in [-0.2, -0.15) is 4.98 Å². The molecule has 1 aromatic heterocycles. The molecular weight excluding hydrogens is 136 g/mol. The van der Waals surface area contributed by atoms with Crippen LogP contribution in [0.4, 0.5) is 0 Å². The molecule has 0 bridgehead atoms.